The summed E-state index contributed by atoms with van der Waals surface area (Å²) in [6, 6.07) is 5.39. The standard InChI is InChI=1S/C13H15FN2O3/c1-8-6-16(7-9(8)12(17)18)13(19)15-11-5-3-2-4-10(11)14/h2-5,8-9H,6-7H2,1H3,(H,15,19)(H,17,18). The number of likely N-dealkylation sites (tertiary alicyclic amines) is 1. The molecule has 0 aromatic heterocycles. The Morgan fingerprint density at radius 3 is 2.63 bits per heavy atom. The Morgan fingerprint density at radius 1 is 1.37 bits per heavy atom. The minimum absolute atomic E-state index is 0.0962. The predicted octanol–water partition coefficient (Wildman–Crippen LogP) is 2.01. The Balaban J connectivity index is 2.02. The van der Waals surface area contributed by atoms with Gasteiger partial charge in [-0.05, 0) is 18.1 Å². The van der Waals surface area contributed by atoms with E-state index in [2.05, 4.69) is 5.32 Å². The number of aliphatic carboxylic acids is 1. The Hall–Kier alpha value is -2.11. The molecule has 1 aliphatic heterocycles. The van der Waals surface area contributed by atoms with E-state index in [0.29, 0.717) is 6.54 Å². The minimum Gasteiger partial charge on any atom is -0.481 e. The number of carbonyl (C=O) groups excluding carboxylic acids is 1. The van der Waals surface area contributed by atoms with Gasteiger partial charge in [0.2, 0.25) is 0 Å². The van der Waals surface area contributed by atoms with Crippen molar-refractivity contribution in [3.63, 3.8) is 0 Å². The van der Waals surface area contributed by atoms with E-state index in [1.54, 1.807) is 13.0 Å². The quantitative estimate of drug-likeness (QED) is 0.860. The molecule has 1 aromatic rings. The van der Waals surface area contributed by atoms with Gasteiger partial charge in [-0.15, -0.1) is 0 Å². The van der Waals surface area contributed by atoms with E-state index < -0.39 is 23.7 Å². The van der Waals surface area contributed by atoms with Crippen LogP contribution in [0, 0.1) is 17.7 Å². The monoisotopic (exact) mass is 266 g/mol. The average Bonchev–Trinajstić information content (AvgIpc) is 2.74. The molecule has 0 aliphatic carbocycles. The van der Waals surface area contributed by atoms with Crippen LogP contribution in [0.2, 0.25) is 0 Å². The Labute approximate surface area is 110 Å². The maximum atomic E-state index is 13.4. The normalized spacial score (nSPS) is 22.3. The van der Waals surface area contributed by atoms with Crippen molar-refractivity contribution in [2.75, 3.05) is 18.4 Å². The Bertz CT molecular complexity index is 506. The molecule has 5 nitrogen and oxygen atoms in total. The topological polar surface area (TPSA) is 69.6 Å². The molecule has 0 saturated carbocycles. The van der Waals surface area contributed by atoms with Crippen molar-refractivity contribution in [1.82, 2.24) is 4.90 Å². The maximum absolute atomic E-state index is 13.4. The van der Waals surface area contributed by atoms with Gasteiger partial charge in [-0.2, -0.15) is 0 Å². The molecule has 1 aliphatic rings. The van der Waals surface area contributed by atoms with E-state index in [1.165, 1.54) is 23.1 Å². The molecule has 2 amide bonds. The summed E-state index contributed by atoms with van der Waals surface area (Å²) < 4.78 is 13.4. The number of nitrogens with one attached hydrogen (secondary N) is 1. The van der Waals surface area contributed by atoms with E-state index in [0.717, 1.165) is 0 Å². The average molecular weight is 266 g/mol. The van der Waals surface area contributed by atoms with Crippen LogP contribution in [-0.2, 0) is 4.79 Å². The number of amides is 2. The lowest BCUT2D eigenvalue weighted by atomic mass is 9.99. The lowest BCUT2D eigenvalue weighted by Gasteiger charge is -2.17. The van der Waals surface area contributed by atoms with Gasteiger partial charge < -0.3 is 15.3 Å². The zero-order valence-electron chi connectivity index (χ0n) is 10.5. The van der Waals surface area contributed by atoms with Crippen LogP contribution < -0.4 is 5.32 Å². The zero-order chi connectivity index (χ0) is 14.0. The molecule has 0 bridgehead atoms. The van der Waals surface area contributed by atoms with Crippen LogP contribution in [0.25, 0.3) is 0 Å². The van der Waals surface area contributed by atoms with E-state index in [-0.39, 0.29) is 18.2 Å². The lowest BCUT2D eigenvalue weighted by molar-refractivity contribution is -0.142. The van der Waals surface area contributed by atoms with Gasteiger partial charge >= 0.3 is 12.0 Å². The molecule has 1 fully saturated rings. The second-order valence-electron chi connectivity index (χ2n) is 4.74. The molecule has 1 aromatic carbocycles. The number of nitrogens with zero attached hydrogens (tertiary/aromatic N) is 1. The van der Waals surface area contributed by atoms with Gasteiger partial charge in [-0.25, -0.2) is 9.18 Å². The van der Waals surface area contributed by atoms with Gasteiger partial charge in [0, 0.05) is 13.1 Å². The number of hydrogen-bond donors (Lipinski definition) is 2. The maximum Gasteiger partial charge on any atom is 0.321 e. The van der Waals surface area contributed by atoms with Crippen LogP contribution in [-0.4, -0.2) is 35.1 Å². The van der Waals surface area contributed by atoms with Crippen molar-refractivity contribution in [2.24, 2.45) is 11.8 Å². The highest BCUT2D eigenvalue weighted by atomic mass is 19.1. The number of carboxylic acids is 1. The minimum atomic E-state index is -0.909. The van der Waals surface area contributed by atoms with E-state index in [4.69, 9.17) is 5.11 Å². The number of carboxylic acid groups (broad SMARTS) is 1. The van der Waals surface area contributed by atoms with Crippen molar-refractivity contribution in [3.05, 3.63) is 30.1 Å². The van der Waals surface area contributed by atoms with Crippen LogP contribution in [0.3, 0.4) is 0 Å². The molecular formula is C13H15FN2O3. The van der Waals surface area contributed by atoms with Crippen molar-refractivity contribution in [1.29, 1.82) is 0 Å². The summed E-state index contributed by atoms with van der Waals surface area (Å²) in [7, 11) is 0. The first kappa shape index (κ1) is 13.3. The van der Waals surface area contributed by atoms with Gasteiger partial charge in [0.05, 0.1) is 11.6 Å². The highest BCUT2D eigenvalue weighted by Gasteiger charge is 2.37. The van der Waals surface area contributed by atoms with Gasteiger partial charge in [-0.1, -0.05) is 19.1 Å². The number of para-hydroxylation sites is 1. The van der Waals surface area contributed by atoms with Crippen molar-refractivity contribution in [3.8, 4) is 0 Å². The zero-order valence-corrected chi connectivity index (χ0v) is 10.5. The number of rotatable bonds is 2. The summed E-state index contributed by atoms with van der Waals surface area (Å²) in [5.74, 6) is -2.10. The van der Waals surface area contributed by atoms with Gasteiger partial charge in [0.1, 0.15) is 5.82 Å². The fraction of sp³-hybridized carbons (Fsp3) is 0.385. The first-order valence-corrected chi connectivity index (χ1v) is 6.02. The third kappa shape index (κ3) is 2.83. The van der Waals surface area contributed by atoms with Crippen LogP contribution in [0.5, 0.6) is 0 Å². The summed E-state index contributed by atoms with van der Waals surface area (Å²) in [6.07, 6.45) is 0. The van der Waals surface area contributed by atoms with E-state index >= 15 is 0 Å². The fourth-order valence-electron chi connectivity index (χ4n) is 2.21. The number of halogens is 1. The number of hydrogen-bond acceptors (Lipinski definition) is 2. The lowest BCUT2D eigenvalue weighted by Crippen LogP contribution is -2.34. The van der Waals surface area contributed by atoms with Gasteiger partial charge in [0.15, 0.2) is 0 Å². The SMILES string of the molecule is CC1CN(C(=O)Nc2ccccc2F)CC1C(=O)O. The molecule has 2 N–H and O–H groups in total. The van der Waals surface area contributed by atoms with Crippen LogP contribution in [0.4, 0.5) is 14.9 Å². The molecule has 6 heteroatoms. The molecule has 2 unspecified atom stereocenters. The molecule has 0 spiro atoms. The second kappa shape index (κ2) is 5.26. The Morgan fingerprint density at radius 2 is 2.05 bits per heavy atom. The third-order valence-corrected chi connectivity index (χ3v) is 3.33. The molecule has 102 valence electrons. The smallest absolute Gasteiger partial charge is 0.321 e. The molecule has 2 atom stereocenters. The van der Waals surface area contributed by atoms with Crippen molar-refractivity contribution < 1.29 is 19.1 Å². The summed E-state index contributed by atoms with van der Waals surface area (Å²) in [6.45, 7) is 2.29. The number of benzene rings is 1. The first-order chi connectivity index (χ1) is 8.99. The van der Waals surface area contributed by atoms with Gasteiger partial charge in [0.25, 0.3) is 0 Å². The Kier molecular flexibility index (Phi) is 3.69. The third-order valence-electron chi connectivity index (χ3n) is 3.33. The van der Waals surface area contributed by atoms with Gasteiger partial charge in [-0.3, -0.25) is 4.79 Å². The van der Waals surface area contributed by atoms with Crippen LogP contribution >= 0.6 is 0 Å². The second-order valence-corrected chi connectivity index (χ2v) is 4.74. The predicted molar refractivity (Wildman–Crippen MR) is 67.3 cm³/mol. The first-order valence-electron chi connectivity index (χ1n) is 6.02. The summed E-state index contributed by atoms with van der Waals surface area (Å²) >= 11 is 0. The summed E-state index contributed by atoms with van der Waals surface area (Å²) in [5.41, 5.74) is 0.0962. The molecule has 1 heterocycles. The molecular weight excluding hydrogens is 251 g/mol. The highest BCUT2D eigenvalue weighted by molar-refractivity contribution is 5.90. The largest absolute Gasteiger partial charge is 0.481 e. The molecule has 2 rings (SSSR count). The molecule has 19 heavy (non-hydrogen) atoms. The van der Waals surface area contributed by atoms with E-state index in [1.807, 2.05) is 0 Å². The van der Waals surface area contributed by atoms with Crippen LogP contribution in [0.1, 0.15) is 6.92 Å². The van der Waals surface area contributed by atoms with E-state index in [9.17, 15) is 14.0 Å². The number of carbonyl (C=O) groups is 2. The summed E-state index contributed by atoms with van der Waals surface area (Å²) in [4.78, 5) is 24.3. The number of urea groups is 1. The fourth-order valence-corrected chi connectivity index (χ4v) is 2.21. The highest BCUT2D eigenvalue weighted by Crippen LogP contribution is 2.24. The molecule has 1 saturated heterocycles. The van der Waals surface area contributed by atoms with Crippen LogP contribution in [0.15, 0.2) is 24.3 Å². The molecule has 0 radical (unpaired) electrons. The number of anilines is 1. The van der Waals surface area contributed by atoms with Crippen molar-refractivity contribution in [2.45, 2.75) is 6.92 Å². The summed E-state index contributed by atoms with van der Waals surface area (Å²) in [5, 5.41) is 11.4. The van der Waals surface area contributed by atoms with Crippen molar-refractivity contribution >= 4 is 17.7 Å².